The van der Waals surface area contributed by atoms with E-state index in [-0.39, 0.29) is 138 Å². The number of hydrogen-bond acceptors (Lipinski definition) is 10. The van der Waals surface area contributed by atoms with Crippen LogP contribution in [0.4, 0.5) is 0 Å². The molecule has 0 amide bonds. The molecule has 0 unspecified atom stereocenters. The molecule has 0 aromatic carbocycles. The molecule has 6 heterocycles. The molecule has 4 aromatic rings. The number of aromatic nitrogens is 4. The molecule has 0 radical (unpaired) electrons. The van der Waals surface area contributed by atoms with Gasteiger partial charge < -0.3 is 101 Å². The van der Waals surface area contributed by atoms with Crippen molar-refractivity contribution in [2.75, 3.05) is 26.4 Å². The van der Waals surface area contributed by atoms with Gasteiger partial charge in [0, 0.05) is 51.2 Å². The fraction of sp³-hybridized carbons (Fsp3) is 0.286. The van der Waals surface area contributed by atoms with Gasteiger partial charge in [0.05, 0.1) is 22.8 Å². The number of hydrogen-bond donors (Lipinski definition) is 0. The first-order chi connectivity index (χ1) is 18.5. The van der Waals surface area contributed by atoms with E-state index in [4.69, 9.17) is 0 Å². The van der Waals surface area contributed by atoms with E-state index in [1.807, 2.05) is 72.8 Å². The van der Waals surface area contributed by atoms with Crippen molar-refractivity contribution in [3.8, 4) is 22.8 Å². The van der Waals surface area contributed by atoms with E-state index < -0.39 is 24.4 Å². The standard InChI is InChI=1S/2C10H8N2.2C4H6O3.13H2O.2Pd/c2*1-3-7-11-9(5-1)10-6-2-4-8-12-10;2*5-3-1-7-2-4(3)6;;;;;;;;;;;;;;;/h2*1-8H;2*3-4H,1-2H2;13*1H2;;/q;;2*-2;;;;;;;;;;;;;;2*+2/t;;2*3-,4+;;;;;;;;;;;;;;;. The van der Waals surface area contributed by atoms with Crippen LogP contribution in [0.2, 0.25) is 0 Å². The van der Waals surface area contributed by atoms with Gasteiger partial charge in [-0.25, -0.2) is 0 Å². The molecule has 26 N–H and O–H groups in total. The monoisotopic (exact) mass is 962 g/mol. The van der Waals surface area contributed by atoms with Gasteiger partial charge in [0.15, 0.2) is 0 Å². The summed E-state index contributed by atoms with van der Waals surface area (Å²) in [6.45, 7) is 0.421. The second kappa shape index (κ2) is 51.3. The summed E-state index contributed by atoms with van der Waals surface area (Å²) in [5.41, 5.74) is 3.66. The smallest absolute Gasteiger partial charge is 0.851 e. The van der Waals surface area contributed by atoms with Gasteiger partial charge in [0.1, 0.15) is 0 Å². The molecule has 2 fully saturated rings. The maximum absolute atomic E-state index is 10.2. The predicted octanol–water partition coefficient (Wildman–Crippen LogP) is -11.5. The Morgan fingerprint density at radius 2 is 0.509 bits per heavy atom. The Balaban J connectivity index is -0.0000000341. The van der Waals surface area contributed by atoms with Gasteiger partial charge >= 0.3 is 40.8 Å². The van der Waals surface area contributed by atoms with E-state index >= 15 is 0 Å². The Hall–Kier alpha value is -2.84. The zero-order chi connectivity index (χ0) is 27.0. The van der Waals surface area contributed by atoms with Gasteiger partial charge in [-0.05, 0) is 48.5 Å². The molecule has 23 nitrogen and oxygen atoms in total. The zero-order valence-electron chi connectivity index (χ0n) is 27.7. The Bertz CT molecular complexity index is 996. The Morgan fingerprint density at radius 1 is 0.340 bits per heavy atom. The predicted molar refractivity (Wildman–Crippen MR) is 179 cm³/mol. The SMILES string of the molecule is O.O.O.O.O.O.O.O.O.O.O.O.O.[O-][C@@H]1COC[C@@H]1[O-].[O-][C@@H]1COC[C@@H]1[O-].[Pd+2].[Pd+2].c1ccc(-c2ccccn2)nc1.c1ccc(-c2ccccn2)nc1. The van der Waals surface area contributed by atoms with Crippen LogP contribution < -0.4 is 20.4 Å². The average molecular weight is 964 g/mol. The van der Waals surface area contributed by atoms with Crippen LogP contribution in [0, 0.1) is 0 Å². The summed E-state index contributed by atoms with van der Waals surface area (Å²) < 4.78 is 9.09. The van der Waals surface area contributed by atoms with Crippen molar-refractivity contribution in [1.82, 2.24) is 19.9 Å². The van der Waals surface area contributed by atoms with Crippen LogP contribution in [0.1, 0.15) is 0 Å². The summed E-state index contributed by atoms with van der Waals surface area (Å²) in [6, 6.07) is 23.2. The quantitative estimate of drug-likeness (QED) is 0.171. The minimum atomic E-state index is -1.01. The van der Waals surface area contributed by atoms with E-state index in [0.29, 0.717) is 0 Å². The fourth-order valence-corrected chi connectivity index (χ4v) is 3.09. The molecule has 2 aliphatic rings. The number of ether oxygens (including phenoxy) is 2. The number of pyridine rings is 4. The third-order valence-electron chi connectivity index (χ3n) is 5.14. The molecule has 0 aliphatic carbocycles. The molecule has 25 heteroatoms. The maximum Gasteiger partial charge on any atom is 2.00 e. The Morgan fingerprint density at radius 3 is 0.604 bits per heavy atom. The summed E-state index contributed by atoms with van der Waals surface area (Å²) >= 11 is 0. The van der Waals surface area contributed by atoms with E-state index in [2.05, 4.69) is 29.4 Å². The van der Waals surface area contributed by atoms with Crippen molar-refractivity contribution in [2.45, 2.75) is 24.4 Å². The number of nitrogens with zero attached hydrogens (tertiary/aromatic N) is 4. The minimum Gasteiger partial charge on any atom is -0.851 e. The van der Waals surface area contributed by atoms with Crippen LogP contribution in [0.15, 0.2) is 97.6 Å². The first kappa shape index (κ1) is 87.8. The topological polar surface area (TPSA) is 572 Å². The second-order valence-corrected chi connectivity index (χ2v) is 8.09. The molecule has 2 aliphatic heterocycles. The molecule has 4 atom stereocenters. The molecule has 4 aromatic heterocycles. The Kier molecular flexibility index (Phi) is 84.9. The van der Waals surface area contributed by atoms with Crippen LogP contribution in [0.3, 0.4) is 0 Å². The minimum absolute atomic E-state index is 0. The molecular weight excluding hydrogens is 909 g/mol. The Labute approximate surface area is 332 Å². The fourth-order valence-electron chi connectivity index (χ4n) is 3.09. The van der Waals surface area contributed by atoms with Crippen molar-refractivity contribution < 1.29 is 142 Å². The first-order valence-electron chi connectivity index (χ1n) is 12.0. The van der Waals surface area contributed by atoms with Gasteiger partial charge in [-0.2, -0.15) is 0 Å². The first-order valence-corrected chi connectivity index (χ1v) is 12.0. The van der Waals surface area contributed by atoms with E-state index in [1.165, 1.54) is 0 Å². The summed E-state index contributed by atoms with van der Waals surface area (Å²) in [5.74, 6) is 0. The van der Waals surface area contributed by atoms with Gasteiger partial charge in [-0.15, -0.1) is 24.4 Å². The van der Waals surface area contributed by atoms with Crippen LogP contribution in [0.5, 0.6) is 0 Å². The van der Waals surface area contributed by atoms with E-state index in [0.717, 1.165) is 22.8 Å². The zero-order valence-corrected chi connectivity index (χ0v) is 30.9. The largest absolute Gasteiger partial charge is 2.00 e. The van der Waals surface area contributed by atoms with E-state index in [9.17, 15) is 20.4 Å². The van der Waals surface area contributed by atoms with Gasteiger partial charge in [0.2, 0.25) is 0 Å². The van der Waals surface area contributed by atoms with Crippen LogP contribution in [0.25, 0.3) is 22.8 Å². The molecule has 6 rings (SSSR count). The summed E-state index contributed by atoms with van der Waals surface area (Å²) in [5, 5.41) is 40.9. The summed E-state index contributed by atoms with van der Waals surface area (Å²) in [6.07, 6.45) is 3.02. The normalized spacial score (nSPS) is 15.5. The van der Waals surface area contributed by atoms with Crippen molar-refractivity contribution in [3.05, 3.63) is 97.6 Å². The summed E-state index contributed by atoms with van der Waals surface area (Å²) in [7, 11) is 0. The van der Waals surface area contributed by atoms with Crippen molar-refractivity contribution in [3.63, 3.8) is 0 Å². The van der Waals surface area contributed by atoms with E-state index in [1.54, 1.807) is 24.8 Å². The third kappa shape index (κ3) is 33.5. The van der Waals surface area contributed by atoms with Crippen molar-refractivity contribution in [2.24, 2.45) is 0 Å². The summed E-state index contributed by atoms with van der Waals surface area (Å²) in [4.78, 5) is 16.7. The molecule has 320 valence electrons. The van der Waals surface area contributed by atoms with Crippen LogP contribution >= 0.6 is 0 Å². The molecule has 0 saturated carbocycles. The van der Waals surface area contributed by atoms with Gasteiger partial charge in [0.25, 0.3) is 0 Å². The molecule has 2 saturated heterocycles. The van der Waals surface area contributed by atoms with Gasteiger partial charge in [-0.1, -0.05) is 24.3 Å². The molecular formula is C28H54N4O19Pd2. The third-order valence-corrected chi connectivity index (χ3v) is 5.14. The number of rotatable bonds is 2. The van der Waals surface area contributed by atoms with Gasteiger partial charge in [-0.3, -0.25) is 19.9 Å². The molecule has 53 heavy (non-hydrogen) atoms. The maximum atomic E-state index is 10.2. The van der Waals surface area contributed by atoms with Crippen LogP contribution in [-0.2, 0) is 50.3 Å². The van der Waals surface area contributed by atoms with Crippen LogP contribution in [-0.4, -0.2) is 142 Å². The molecule has 0 bridgehead atoms. The average Bonchev–Trinajstić information content (AvgIpc) is 3.56. The van der Waals surface area contributed by atoms with Crippen molar-refractivity contribution >= 4 is 0 Å². The molecule has 0 spiro atoms. The second-order valence-electron chi connectivity index (χ2n) is 8.09. The van der Waals surface area contributed by atoms with Crippen molar-refractivity contribution in [1.29, 1.82) is 0 Å².